The zero-order valence-electron chi connectivity index (χ0n) is 19.2. The van der Waals surface area contributed by atoms with Crippen LogP contribution in [0, 0.1) is 0 Å². The number of methoxy groups -OCH3 is 2. The molecule has 0 aromatic rings. The summed E-state index contributed by atoms with van der Waals surface area (Å²) < 4.78 is 31.4. The second-order valence-electron chi connectivity index (χ2n) is 7.36. The van der Waals surface area contributed by atoms with Crippen LogP contribution in [0.15, 0.2) is 12.7 Å². The number of esters is 1. The van der Waals surface area contributed by atoms with Crippen molar-refractivity contribution in [3.8, 4) is 0 Å². The van der Waals surface area contributed by atoms with Gasteiger partial charge in [0, 0.05) is 27.2 Å². The van der Waals surface area contributed by atoms with Crippen molar-refractivity contribution in [2.75, 3.05) is 20.8 Å². The maximum Gasteiger partial charge on any atom is 1.00 e. The van der Waals surface area contributed by atoms with E-state index in [0.29, 0.717) is 0 Å². The third-order valence-corrected chi connectivity index (χ3v) is 5.17. The van der Waals surface area contributed by atoms with Crippen LogP contribution in [-0.2, 0) is 42.8 Å². The van der Waals surface area contributed by atoms with Crippen molar-refractivity contribution in [2.24, 2.45) is 0 Å². The van der Waals surface area contributed by atoms with E-state index in [1.54, 1.807) is 0 Å². The number of aliphatic hydroxyl groups excluding tert-OH is 3. The SMILES string of the molecule is C=CC(=O)OCC1OC(OC)C(NC(C)=O)C(OC2OC(C(=O)[O-])C(OC)C(O)C2O)C1O.[Na+]. The van der Waals surface area contributed by atoms with Gasteiger partial charge in [-0.1, -0.05) is 6.58 Å². The fraction of sp³-hybridized carbons (Fsp3) is 0.737. The third kappa shape index (κ3) is 7.18. The van der Waals surface area contributed by atoms with Gasteiger partial charge in [-0.25, -0.2) is 4.79 Å². The zero-order valence-corrected chi connectivity index (χ0v) is 21.2. The fourth-order valence-corrected chi connectivity index (χ4v) is 3.59. The molecule has 4 N–H and O–H groups in total. The van der Waals surface area contributed by atoms with E-state index in [1.165, 1.54) is 14.0 Å². The zero-order chi connectivity index (χ0) is 24.9. The summed E-state index contributed by atoms with van der Waals surface area (Å²) in [6.45, 7) is 3.98. The molecule has 0 spiro atoms. The topological polar surface area (TPSA) is 202 Å². The Bertz CT molecular complexity index is 724. The first-order valence-electron chi connectivity index (χ1n) is 9.89. The van der Waals surface area contributed by atoms with Gasteiger partial charge in [0.25, 0.3) is 0 Å². The van der Waals surface area contributed by atoms with Gasteiger partial charge in [0.1, 0.15) is 55.4 Å². The summed E-state index contributed by atoms with van der Waals surface area (Å²) >= 11 is 0. The van der Waals surface area contributed by atoms with E-state index >= 15 is 0 Å². The monoisotopic (exact) mass is 501 g/mol. The van der Waals surface area contributed by atoms with Gasteiger partial charge in [0.05, 0.1) is 5.97 Å². The molecule has 0 aromatic heterocycles. The number of hydrogen-bond donors (Lipinski definition) is 4. The van der Waals surface area contributed by atoms with E-state index in [1.807, 2.05) is 0 Å². The summed E-state index contributed by atoms with van der Waals surface area (Å²) in [7, 11) is 2.35. The number of carboxylic acids is 1. The average Bonchev–Trinajstić information content (AvgIpc) is 2.77. The molecule has 15 heteroatoms. The van der Waals surface area contributed by atoms with Gasteiger partial charge < -0.3 is 59.0 Å². The van der Waals surface area contributed by atoms with Gasteiger partial charge in [-0.05, 0) is 0 Å². The summed E-state index contributed by atoms with van der Waals surface area (Å²) in [6.07, 6.45) is -13.2. The maximum absolute atomic E-state index is 11.7. The molecular formula is C19H28NNaO13. The summed E-state index contributed by atoms with van der Waals surface area (Å²) in [6, 6.07) is -1.18. The van der Waals surface area contributed by atoms with Crippen LogP contribution >= 0.6 is 0 Å². The van der Waals surface area contributed by atoms with Crippen molar-refractivity contribution in [3.05, 3.63) is 12.7 Å². The van der Waals surface area contributed by atoms with Crippen LogP contribution in [0.3, 0.4) is 0 Å². The molecule has 0 saturated carbocycles. The summed E-state index contributed by atoms with van der Waals surface area (Å²) in [5.74, 6) is -3.09. The van der Waals surface area contributed by atoms with Gasteiger partial charge >= 0.3 is 35.5 Å². The Labute approximate surface area is 217 Å². The molecule has 0 aliphatic carbocycles. The Morgan fingerprint density at radius 2 is 1.68 bits per heavy atom. The van der Waals surface area contributed by atoms with Crippen LogP contribution < -0.4 is 40.0 Å². The molecule has 2 heterocycles. The van der Waals surface area contributed by atoms with Gasteiger partial charge in [-0.3, -0.25) is 4.79 Å². The molecule has 0 aromatic carbocycles. The molecular weight excluding hydrogens is 473 g/mol. The first-order valence-corrected chi connectivity index (χ1v) is 9.89. The number of ether oxygens (including phenoxy) is 6. The quantitative estimate of drug-likeness (QED) is 0.132. The average molecular weight is 501 g/mol. The number of nitrogens with one attached hydrogen (secondary N) is 1. The van der Waals surface area contributed by atoms with E-state index in [0.717, 1.165) is 13.2 Å². The Hall–Kier alpha value is -1.17. The van der Waals surface area contributed by atoms with Gasteiger partial charge in [0.2, 0.25) is 5.91 Å². The summed E-state index contributed by atoms with van der Waals surface area (Å²) in [4.78, 5) is 34.6. The minimum absolute atomic E-state index is 0. The minimum Gasteiger partial charge on any atom is -0.547 e. The van der Waals surface area contributed by atoms with Crippen LogP contribution in [0.1, 0.15) is 6.92 Å². The van der Waals surface area contributed by atoms with Crippen molar-refractivity contribution < 1.29 is 92.8 Å². The van der Waals surface area contributed by atoms with Crippen LogP contribution in [0.25, 0.3) is 0 Å². The number of aliphatic hydroxyl groups is 3. The third-order valence-electron chi connectivity index (χ3n) is 5.17. The Balaban J connectivity index is 0.00000578. The number of carbonyl (C=O) groups is 3. The second kappa shape index (κ2) is 13.8. The predicted molar refractivity (Wildman–Crippen MR) is 102 cm³/mol. The largest absolute Gasteiger partial charge is 1.00 e. The van der Waals surface area contributed by atoms with Crippen LogP contribution in [0.5, 0.6) is 0 Å². The Kier molecular flexibility index (Phi) is 12.5. The molecule has 2 aliphatic heterocycles. The summed E-state index contributed by atoms with van der Waals surface area (Å²) in [5.41, 5.74) is 0. The number of carbonyl (C=O) groups excluding carboxylic acids is 3. The normalized spacial score (nSPS) is 37.7. The molecule has 2 saturated heterocycles. The number of rotatable bonds is 9. The molecule has 2 fully saturated rings. The van der Waals surface area contributed by atoms with Gasteiger partial charge in [-0.15, -0.1) is 0 Å². The molecule has 188 valence electrons. The summed E-state index contributed by atoms with van der Waals surface area (Å²) in [5, 5.41) is 45.5. The first kappa shape index (κ1) is 30.9. The number of carboxylic acid groups (broad SMARTS) is 1. The maximum atomic E-state index is 11.7. The van der Waals surface area contributed by atoms with Gasteiger partial charge in [-0.2, -0.15) is 0 Å². The molecule has 2 rings (SSSR count). The van der Waals surface area contributed by atoms with Crippen molar-refractivity contribution in [1.82, 2.24) is 5.32 Å². The standard InChI is InChI=1S/C19H29NO13.Na/c1-5-9(22)30-6-8-11(23)14(10(20-7(2)21)18(29-4)31-8)32-19-13(25)12(24)15(28-3)16(33-19)17(26)27;/h5,8,10-16,18-19,23-25H,1,6H2,2-4H3,(H,20,21)(H,26,27);/q;+1/p-1. The van der Waals surface area contributed by atoms with Crippen LogP contribution in [0.2, 0.25) is 0 Å². The minimum atomic E-state index is -1.82. The van der Waals surface area contributed by atoms with E-state index < -0.39 is 85.8 Å². The molecule has 10 atom stereocenters. The van der Waals surface area contributed by atoms with Gasteiger partial charge in [0.15, 0.2) is 12.6 Å². The van der Waals surface area contributed by atoms with Crippen LogP contribution in [0.4, 0.5) is 0 Å². The number of aliphatic carboxylic acids is 1. The van der Waals surface area contributed by atoms with Crippen molar-refractivity contribution in [2.45, 2.75) is 68.3 Å². The smallest absolute Gasteiger partial charge is 0.547 e. The molecule has 1 amide bonds. The van der Waals surface area contributed by atoms with E-state index in [9.17, 15) is 34.8 Å². The Morgan fingerprint density at radius 3 is 2.18 bits per heavy atom. The Morgan fingerprint density at radius 1 is 1.03 bits per heavy atom. The number of hydrogen-bond acceptors (Lipinski definition) is 13. The van der Waals surface area contributed by atoms with E-state index in [-0.39, 0.29) is 29.6 Å². The second-order valence-corrected chi connectivity index (χ2v) is 7.36. The fourth-order valence-electron chi connectivity index (χ4n) is 3.59. The number of amides is 1. The molecule has 34 heavy (non-hydrogen) atoms. The first-order chi connectivity index (χ1) is 15.5. The molecule has 10 unspecified atom stereocenters. The molecule has 2 aliphatic rings. The molecule has 0 radical (unpaired) electrons. The van der Waals surface area contributed by atoms with E-state index in [2.05, 4.69) is 11.9 Å². The van der Waals surface area contributed by atoms with Crippen LogP contribution in [-0.4, -0.2) is 115 Å². The van der Waals surface area contributed by atoms with Crippen molar-refractivity contribution in [1.29, 1.82) is 0 Å². The van der Waals surface area contributed by atoms with Crippen molar-refractivity contribution in [3.63, 3.8) is 0 Å². The van der Waals surface area contributed by atoms with E-state index in [4.69, 9.17) is 28.4 Å². The predicted octanol–water partition coefficient (Wildman–Crippen LogP) is -7.45. The molecule has 14 nitrogen and oxygen atoms in total. The molecule has 0 bridgehead atoms. The van der Waals surface area contributed by atoms with Crippen molar-refractivity contribution >= 4 is 17.8 Å².